The van der Waals surface area contributed by atoms with Gasteiger partial charge in [-0.25, -0.2) is 4.68 Å². The Bertz CT molecular complexity index is 373. The maximum atomic E-state index is 10.7. The molecule has 6 heteroatoms. The number of hydrogen-bond acceptors (Lipinski definition) is 4. The van der Waals surface area contributed by atoms with Gasteiger partial charge < -0.3 is 5.11 Å². The van der Waals surface area contributed by atoms with Crippen molar-refractivity contribution in [1.82, 2.24) is 20.2 Å². The number of tetrazole rings is 1. The average Bonchev–Trinajstić information content (AvgIpc) is 2.94. The number of carbonyl (C=O) groups is 1. The highest BCUT2D eigenvalue weighted by Gasteiger charge is 2.24. The summed E-state index contributed by atoms with van der Waals surface area (Å²) in [5.41, 5.74) is 0. The molecule has 1 N–H and O–H groups in total. The Morgan fingerprint density at radius 3 is 3.00 bits per heavy atom. The average molecular weight is 224 g/mol. The van der Waals surface area contributed by atoms with Gasteiger partial charge >= 0.3 is 5.97 Å². The van der Waals surface area contributed by atoms with E-state index in [1.165, 1.54) is 12.8 Å². The zero-order valence-electron chi connectivity index (χ0n) is 9.33. The molecule has 1 fully saturated rings. The number of aliphatic carboxylic acids is 1. The number of rotatable bonds is 6. The molecule has 1 aliphatic carbocycles. The van der Waals surface area contributed by atoms with Crippen LogP contribution in [0.5, 0.6) is 0 Å². The van der Waals surface area contributed by atoms with Gasteiger partial charge in [-0.2, -0.15) is 0 Å². The smallest absolute Gasteiger partial charge is 0.306 e. The zero-order valence-corrected chi connectivity index (χ0v) is 9.33. The van der Waals surface area contributed by atoms with Crippen molar-refractivity contribution in [2.24, 2.45) is 11.8 Å². The van der Waals surface area contributed by atoms with E-state index in [0.29, 0.717) is 13.0 Å². The molecule has 0 bridgehead atoms. The number of aromatic nitrogens is 4. The maximum Gasteiger partial charge on any atom is 0.306 e. The molecular weight excluding hydrogens is 208 g/mol. The van der Waals surface area contributed by atoms with Crippen LogP contribution in [-0.4, -0.2) is 31.3 Å². The summed E-state index contributed by atoms with van der Waals surface area (Å²) in [5, 5.41) is 20.3. The van der Waals surface area contributed by atoms with E-state index < -0.39 is 5.97 Å². The molecular formula is C10H16N4O2. The first-order chi connectivity index (χ1) is 7.66. The molecule has 1 aromatic rings. The Labute approximate surface area is 93.6 Å². The lowest BCUT2D eigenvalue weighted by Gasteiger charge is -2.06. The lowest BCUT2D eigenvalue weighted by atomic mass is 10.1. The molecule has 1 unspecified atom stereocenters. The van der Waals surface area contributed by atoms with Crippen LogP contribution in [0.4, 0.5) is 0 Å². The fourth-order valence-electron chi connectivity index (χ4n) is 1.56. The molecule has 1 aliphatic rings. The van der Waals surface area contributed by atoms with Gasteiger partial charge in [-0.3, -0.25) is 4.79 Å². The minimum absolute atomic E-state index is 0.349. The summed E-state index contributed by atoms with van der Waals surface area (Å²) in [7, 11) is 0. The number of carboxylic acid groups (broad SMARTS) is 1. The fraction of sp³-hybridized carbons (Fsp3) is 0.800. The summed E-state index contributed by atoms with van der Waals surface area (Å²) < 4.78 is 1.73. The van der Waals surface area contributed by atoms with E-state index in [1.54, 1.807) is 11.6 Å². The summed E-state index contributed by atoms with van der Waals surface area (Å²) >= 11 is 0. The molecule has 0 radical (unpaired) electrons. The minimum Gasteiger partial charge on any atom is -0.481 e. The normalized spacial score (nSPS) is 17.3. The lowest BCUT2D eigenvalue weighted by molar-refractivity contribution is -0.141. The first-order valence-electron chi connectivity index (χ1n) is 5.64. The van der Waals surface area contributed by atoms with Gasteiger partial charge in [0.2, 0.25) is 0 Å². The predicted octanol–water partition coefficient (Wildman–Crippen LogP) is 0.736. The van der Waals surface area contributed by atoms with Crippen LogP contribution in [0.15, 0.2) is 0 Å². The van der Waals surface area contributed by atoms with Crippen molar-refractivity contribution in [1.29, 1.82) is 0 Å². The third-order valence-corrected chi connectivity index (χ3v) is 2.97. The van der Waals surface area contributed by atoms with Crippen LogP contribution in [-0.2, 0) is 17.8 Å². The van der Waals surface area contributed by atoms with Crippen LogP contribution in [0.2, 0.25) is 0 Å². The van der Waals surface area contributed by atoms with Crippen molar-refractivity contribution >= 4 is 5.97 Å². The van der Waals surface area contributed by atoms with E-state index in [1.807, 2.05) is 0 Å². The van der Waals surface area contributed by atoms with E-state index in [0.717, 1.165) is 18.2 Å². The largest absolute Gasteiger partial charge is 0.481 e. The molecule has 0 aliphatic heterocycles. The molecule has 0 spiro atoms. The molecule has 0 saturated heterocycles. The lowest BCUT2D eigenvalue weighted by Crippen LogP contribution is -2.15. The van der Waals surface area contributed by atoms with Gasteiger partial charge in [-0.15, -0.1) is 5.10 Å². The summed E-state index contributed by atoms with van der Waals surface area (Å²) in [6, 6.07) is 0. The van der Waals surface area contributed by atoms with E-state index in [2.05, 4.69) is 15.5 Å². The van der Waals surface area contributed by atoms with Crippen molar-refractivity contribution < 1.29 is 9.90 Å². The molecule has 6 nitrogen and oxygen atoms in total. The first kappa shape index (κ1) is 11.0. The Kier molecular flexibility index (Phi) is 3.17. The van der Waals surface area contributed by atoms with Crippen LogP contribution in [0.25, 0.3) is 0 Å². The predicted molar refractivity (Wildman–Crippen MR) is 55.7 cm³/mol. The molecule has 1 saturated carbocycles. The molecule has 1 aromatic heterocycles. The van der Waals surface area contributed by atoms with Gasteiger partial charge in [0.1, 0.15) is 0 Å². The Morgan fingerprint density at radius 1 is 1.62 bits per heavy atom. The Hall–Kier alpha value is -1.46. The monoisotopic (exact) mass is 224 g/mol. The highest BCUT2D eigenvalue weighted by Crippen LogP contribution is 2.31. The second-order valence-corrected chi connectivity index (χ2v) is 4.49. The Morgan fingerprint density at radius 2 is 2.38 bits per heavy atom. The Balaban J connectivity index is 1.87. The topological polar surface area (TPSA) is 80.9 Å². The third-order valence-electron chi connectivity index (χ3n) is 2.97. The highest BCUT2D eigenvalue weighted by atomic mass is 16.4. The quantitative estimate of drug-likeness (QED) is 0.770. The van der Waals surface area contributed by atoms with E-state index in [9.17, 15) is 4.79 Å². The van der Waals surface area contributed by atoms with E-state index in [-0.39, 0.29) is 5.92 Å². The third kappa shape index (κ3) is 2.77. The number of nitrogens with zero attached hydrogens (tertiary/aromatic N) is 4. The zero-order chi connectivity index (χ0) is 11.5. The second kappa shape index (κ2) is 4.59. The van der Waals surface area contributed by atoms with Crippen molar-refractivity contribution in [2.75, 3.05) is 0 Å². The number of aryl methyl sites for hydroxylation is 1. The number of hydrogen-bond donors (Lipinski definition) is 1. The van der Waals surface area contributed by atoms with Gasteiger partial charge in [-0.05, 0) is 35.6 Å². The molecule has 0 amide bonds. The maximum absolute atomic E-state index is 10.7. The molecule has 2 rings (SSSR count). The van der Waals surface area contributed by atoms with E-state index in [4.69, 9.17) is 5.11 Å². The van der Waals surface area contributed by atoms with Crippen LogP contribution in [0.3, 0.4) is 0 Å². The number of carboxylic acids is 1. The molecule has 1 atom stereocenters. The molecule has 16 heavy (non-hydrogen) atoms. The summed E-state index contributed by atoms with van der Waals surface area (Å²) in [4.78, 5) is 10.7. The van der Waals surface area contributed by atoms with Crippen LogP contribution < -0.4 is 0 Å². The van der Waals surface area contributed by atoms with Gasteiger partial charge in [-0.1, -0.05) is 6.92 Å². The summed E-state index contributed by atoms with van der Waals surface area (Å²) in [6.07, 6.45) is 4.02. The standard InChI is InChI=1S/C10H16N4O2/c1-7(10(15)16)4-5-14-9(11-12-13-14)6-8-2-3-8/h7-8H,2-6H2,1H3,(H,15,16). The fourth-order valence-corrected chi connectivity index (χ4v) is 1.56. The van der Waals surface area contributed by atoms with Gasteiger partial charge in [0.25, 0.3) is 0 Å². The van der Waals surface area contributed by atoms with Crippen LogP contribution >= 0.6 is 0 Å². The van der Waals surface area contributed by atoms with Gasteiger partial charge in [0, 0.05) is 13.0 Å². The SMILES string of the molecule is CC(CCn1nnnc1CC1CC1)C(=O)O. The minimum atomic E-state index is -0.767. The van der Waals surface area contributed by atoms with Crippen LogP contribution in [0, 0.1) is 11.8 Å². The molecule has 0 aromatic carbocycles. The second-order valence-electron chi connectivity index (χ2n) is 4.49. The van der Waals surface area contributed by atoms with Crippen LogP contribution in [0.1, 0.15) is 32.0 Å². The summed E-state index contributed by atoms with van der Waals surface area (Å²) in [5.74, 6) is 0.511. The molecule has 88 valence electrons. The van der Waals surface area contributed by atoms with E-state index >= 15 is 0 Å². The van der Waals surface area contributed by atoms with Crippen molar-refractivity contribution in [2.45, 2.75) is 39.2 Å². The highest BCUT2D eigenvalue weighted by molar-refractivity contribution is 5.69. The van der Waals surface area contributed by atoms with Crippen molar-refractivity contribution in [3.63, 3.8) is 0 Å². The van der Waals surface area contributed by atoms with Crippen molar-refractivity contribution in [3.8, 4) is 0 Å². The first-order valence-corrected chi connectivity index (χ1v) is 5.64. The van der Waals surface area contributed by atoms with Gasteiger partial charge in [0.05, 0.1) is 5.92 Å². The van der Waals surface area contributed by atoms with Gasteiger partial charge in [0.15, 0.2) is 5.82 Å². The molecule has 1 heterocycles. The summed E-state index contributed by atoms with van der Waals surface area (Å²) in [6.45, 7) is 2.29. The van der Waals surface area contributed by atoms with Crippen molar-refractivity contribution in [3.05, 3.63) is 5.82 Å².